The number of hydrogen-bond acceptors (Lipinski definition) is 5. The summed E-state index contributed by atoms with van der Waals surface area (Å²) in [6, 6.07) is 6.28. The second-order valence-corrected chi connectivity index (χ2v) is 5.09. The molecule has 1 aromatic heterocycles. The molecule has 7 nitrogen and oxygen atoms in total. The molecule has 1 heterocycles. The molecule has 1 aromatic carbocycles. The van der Waals surface area contributed by atoms with Crippen LogP contribution >= 0.6 is 0 Å². The maximum atomic E-state index is 12.5. The Hall–Kier alpha value is -2.96. The van der Waals surface area contributed by atoms with E-state index in [9.17, 15) is 9.59 Å². The number of nitrogens with zero attached hydrogens (tertiary/aromatic N) is 3. The molecule has 0 fully saturated rings. The average Bonchev–Trinajstić information content (AvgIpc) is 2.53. The molecule has 0 saturated carbocycles. The van der Waals surface area contributed by atoms with Gasteiger partial charge in [-0.3, -0.25) is 14.6 Å². The van der Waals surface area contributed by atoms with Crippen molar-refractivity contribution in [1.82, 2.24) is 14.9 Å². The van der Waals surface area contributed by atoms with Crippen molar-refractivity contribution >= 4 is 11.9 Å². The molecule has 0 bridgehead atoms. The molecule has 7 heteroatoms. The second-order valence-electron chi connectivity index (χ2n) is 5.09. The number of carboxylic acids is 1. The van der Waals surface area contributed by atoms with Gasteiger partial charge in [-0.1, -0.05) is 6.07 Å². The first kappa shape index (κ1) is 16.4. The van der Waals surface area contributed by atoms with Gasteiger partial charge in [-0.2, -0.15) is 0 Å². The topological polar surface area (TPSA) is 92.6 Å². The lowest BCUT2D eigenvalue weighted by molar-refractivity contribution is -0.138. The summed E-state index contributed by atoms with van der Waals surface area (Å²) in [5.41, 5.74) is 0.348. The van der Waals surface area contributed by atoms with Gasteiger partial charge in [-0.05, 0) is 32.0 Å². The Morgan fingerprint density at radius 1 is 1.30 bits per heavy atom. The summed E-state index contributed by atoms with van der Waals surface area (Å²) in [6.07, 6.45) is 4.48. The SMILES string of the molecule is CC(C)N(CC(=O)O)C(=O)c1cccc(Oc2cnccn2)c1. The third-order valence-electron chi connectivity index (χ3n) is 3.03. The van der Waals surface area contributed by atoms with Crippen LogP contribution in [0, 0.1) is 0 Å². The molecule has 1 N–H and O–H groups in total. The Kier molecular flexibility index (Phi) is 5.24. The highest BCUT2D eigenvalue weighted by molar-refractivity contribution is 5.96. The lowest BCUT2D eigenvalue weighted by Gasteiger charge is -2.25. The minimum Gasteiger partial charge on any atom is -0.480 e. The van der Waals surface area contributed by atoms with Crippen LogP contribution in [0.5, 0.6) is 11.6 Å². The zero-order valence-corrected chi connectivity index (χ0v) is 12.8. The third kappa shape index (κ3) is 4.50. The molecule has 120 valence electrons. The Bertz CT molecular complexity index is 689. The lowest BCUT2D eigenvalue weighted by Crippen LogP contribution is -2.40. The fourth-order valence-corrected chi connectivity index (χ4v) is 1.95. The Labute approximate surface area is 133 Å². The van der Waals surface area contributed by atoms with Crippen molar-refractivity contribution in [3.8, 4) is 11.6 Å². The maximum Gasteiger partial charge on any atom is 0.323 e. The van der Waals surface area contributed by atoms with E-state index >= 15 is 0 Å². The normalized spacial score (nSPS) is 10.4. The van der Waals surface area contributed by atoms with Gasteiger partial charge in [0.1, 0.15) is 12.3 Å². The van der Waals surface area contributed by atoms with Crippen molar-refractivity contribution in [2.75, 3.05) is 6.54 Å². The zero-order chi connectivity index (χ0) is 16.8. The third-order valence-corrected chi connectivity index (χ3v) is 3.03. The number of benzene rings is 1. The summed E-state index contributed by atoms with van der Waals surface area (Å²) >= 11 is 0. The van der Waals surface area contributed by atoms with Crippen molar-refractivity contribution in [3.63, 3.8) is 0 Å². The number of aliphatic carboxylic acids is 1. The predicted octanol–water partition coefficient (Wildman–Crippen LogP) is 2.20. The van der Waals surface area contributed by atoms with Gasteiger partial charge >= 0.3 is 5.97 Å². The Balaban J connectivity index is 2.20. The minimum absolute atomic E-state index is 0.233. The van der Waals surface area contributed by atoms with E-state index in [2.05, 4.69) is 9.97 Å². The van der Waals surface area contributed by atoms with E-state index in [1.165, 1.54) is 23.5 Å². The molecule has 0 aliphatic carbocycles. The van der Waals surface area contributed by atoms with E-state index in [4.69, 9.17) is 9.84 Å². The number of rotatable bonds is 6. The molecule has 0 saturated heterocycles. The van der Waals surface area contributed by atoms with Crippen molar-refractivity contribution in [3.05, 3.63) is 48.4 Å². The second kappa shape index (κ2) is 7.35. The van der Waals surface area contributed by atoms with Gasteiger partial charge in [-0.25, -0.2) is 4.98 Å². The van der Waals surface area contributed by atoms with Gasteiger partial charge in [0.15, 0.2) is 0 Å². The molecule has 0 aliphatic rings. The van der Waals surface area contributed by atoms with Crippen LogP contribution in [0.1, 0.15) is 24.2 Å². The zero-order valence-electron chi connectivity index (χ0n) is 12.8. The first-order valence-electron chi connectivity index (χ1n) is 7.04. The van der Waals surface area contributed by atoms with Crippen LogP contribution in [0.15, 0.2) is 42.9 Å². The summed E-state index contributed by atoms with van der Waals surface area (Å²) in [5, 5.41) is 8.94. The van der Waals surface area contributed by atoms with Crippen LogP contribution in [0.2, 0.25) is 0 Å². The van der Waals surface area contributed by atoms with E-state index in [0.29, 0.717) is 17.2 Å². The molecule has 0 radical (unpaired) electrons. The van der Waals surface area contributed by atoms with Gasteiger partial charge in [0.05, 0.1) is 6.20 Å². The number of carbonyl (C=O) groups is 2. The van der Waals surface area contributed by atoms with Gasteiger partial charge in [0.25, 0.3) is 5.91 Å². The fraction of sp³-hybridized carbons (Fsp3) is 0.250. The van der Waals surface area contributed by atoms with Crippen LogP contribution in [0.4, 0.5) is 0 Å². The standard InChI is InChI=1S/C16H17N3O4/c1-11(2)19(10-15(20)21)16(22)12-4-3-5-13(8-12)23-14-9-17-6-7-18-14/h3-9,11H,10H2,1-2H3,(H,20,21). The van der Waals surface area contributed by atoms with Crippen LogP contribution in [0.25, 0.3) is 0 Å². The number of hydrogen-bond donors (Lipinski definition) is 1. The van der Waals surface area contributed by atoms with Gasteiger partial charge in [-0.15, -0.1) is 0 Å². The molecule has 2 aromatic rings. The van der Waals surface area contributed by atoms with Crippen molar-refractivity contribution in [1.29, 1.82) is 0 Å². The number of ether oxygens (including phenoxy) is 1. The molecule has 0 unspecified atom stereocenters. The molecule has 1 amide bonds. The molecular weight excluding hydrogens is 298 g/mol. The summed E-state index contributed by atoms with van der Waals surface area (Å²) in [5.74, 6) is -0.690. The largest absolute Gasteiger partial charge is 0.480 e. The van der Waals surface area contributed by atoms with Crippen LogP contribution < -0.4 is 4.74 Å². The lowest BCUT2D eigenvalue weighted by atomic mass is 10.1. The quantitative estimate of drug-likeness (QED) is 0.878. The number of aromatic nitrogens is 2. The molecular formula is C16H17N3O4. The van der Waals surface area contributed by atoms with E-state index < -0.39 is 5.97 Å². The van der Waals surface area contributed by atoms with Crippen LogP contribution in [-0.2, 0) is 4.79 Å². The van der Waals surface area contributed by atoms with Gasteiger partial charge in [0, 0.05) is 24.0 Å². The molecule has 2 rings (SSSR count). The minimum atomic E-state index is -1.06. The van der Waals surface area contributed by atoms with Crippen molar-refractivity contribution in [2.24, 2.45) is 0 Å². The van der Waals surface area contributed by atoms with Crippen molar-refractivity contribution < 1.29 is 19.4 Å². The summed E-state index contributed by atoms with van der Waals surface area (Å²) < 4.78 is 5.53. The number of carbonyl (C=O) groups excluding carboxylic acids is 1. The monoisotopic (exact) mass is 315 g/mol. The smallest absolute Gasteiger partial charge is 0.323 e. The highest BCUT2D eigenvalue weighted by atomic mass is 16.5. The Morgan fingerprint density at radius 2 is 2.09 bits per heavy atom. The van der Waals surface area contributed by atoms with E-state index in [1.54, 1.807) is 38.1 Å². The maximum absolute atomic E-state index is 12.5. The number of amides is 1. The summed E-state index contributed by atoms with van der Waals surface area (Å²) in [6.45, 7) is 3.17. The predicted molar refractivity (Wildman–Crippen MR) is 82.4 cm³/mol. The van der Waals surface area contributed by atoms with Gasteiger partial charge < -0.3 is 14.7 Å². The molecule has 0 aliphatic heterocycles. The highest BCUT2D eigenvalue weighted by Crippen LogP contribution is 2.20. The summed E-state index contributed by atoms with van der Waals surface area (Å²) in [7, 11) is 0. The van der Waals surface area contributed by atoms with Crippen LogP contribution in [-0.4, -0.2) is 44.4 Å². The first-order valence-corrected chi connectivity index (χ1v) is 7.04. The average molecular weight is 315 g/mol. The van der Waals surface area contributed by atoms with E-state index in [-0.39, 0.29) is 18.5 Å². The van der Waals surface area contributed by atoms with Crippen molar-refractivity contribution in [2.45, 2.75) is 19.9 Å². The fourth-order valence-electron chi connectivity index (χ4n) is 1.95. The van der Waals surface area contributed by atoms with E-state index in [0.717, 1.165) is 0 Å². The molecule has 0 spiro atoms. The highest BCUT2D eigenvalue weighted by Gasteiger charge is 2.21. The van der Waals surface area contributed by atoms with E-state index in [1.807, 2.05) is 0 Å². The summed E-state index contributed by atoms with van der Waals surface area (Å²) in [4.78, 5) is 32.6. The Morgan fingerprint density at radius 3 is 2.70 bits per heavy atom. The molecule has 23 heavy (non-hydrogen) atoms. The van der Waals surface area contributed by atoms with Gasteiger partial charge in [0.2, 0.25) is 5.88 Å². The number of carboxylic acid groups (broad SMARTS) is 1. The first-order chi connectivity index (χ1) is 11.0. The molecule has 0 atom stereocenters. The van der Waals surface area contributed by atoms with Crippen LogP contribution in [0.3, 0.4) is 0 Å².